The van der Waals surface area contributed by atoms with Gasteiger partial charge in [-0.3, -0.25) is 0 Å². The molecule has 0 aliphatic carbocycles. The van der Waals surface area contributed by atoms with Crippen LogP contribution in [0.15, 0.2) is 29.0 Å². The summed E-state index contributed by atoms with van der Waals surface area (Å²) in [6.07, 6.45) is 1.44. The summed E-state index contributed by atoms with van der Waals surface area (Å²) in [6.45, 7) is 1.99. The second kappa shape index (κ2) is 3.35. The van der Waals surface area contributed by atoms with Crippen LogP contribution >= 0.6 is 0 Å². The number of hydrogen-bond donors (Lipinski definition) is 1. The maximum atomic E-state index is 5.79. The zero-order valence-corrected chi connectivity index (χ0v) is 9.64. The third-order valence-corrected chi connectivity index (χ3v) is 3.02. The highest BCUT2D eigenvalue weighted by molar-refractivity contribution is 5.79. The summed E-state index contributed by atoms with van der Waals surface area (Å²) in [6, 6.07) is 5.81. The number of nitrogens with two attached hydrogens (primary N) is 1. The Labute approximate surface area is 97.9 Å². The van der Waals surface area contributed by atoms with Crippen LogP contribution in [0, 0.1) is 6.92 Å². The quantitative estimate of drug-likeness (QED) is 0.692. The van der Waals surface area contributed by atoms with Crippen LogP contribution in [-0.2, 0) is 7.05 Å². The number of anilines is 1. The highest BCUT2D eigenvalue weighted by Gasteiger charge is 2.11. The van der Waals surface area contributed by atoms with Gasteiger partial charge < -0.3 is 14.7 Å². The van der Waals surface area contributed by atoms with Gasteiger partial charge in [-0.25, -0.2) is 9.97 Å². The Morgan fingerprint density at radius 1 is 1.35 bits per heavy atom. The minimum Gasteiger partial charge on any atom is -0.443 e. The third kappa shape index (κ3) is 1.39. The monoisotopic (exact) mass is 228 g/mol. The molecule has 0 amide bonds. The molecule has 0 aliphatic heterocycles. The number of fused-ring (bicyclic) bond motifs is 1. The number of oxazole rings is 1. The first kappa shape index (κ1) is 9.89. The van der Waals surface area contributed by atoms with Gasteiger partial charge in [-0.05, 0) is 19.1 Å². The zero-order chi connectivity index (χ0) is 12.0. The van der Waals surface area contributed by atoms with Crippen LogP contribution < -0.4 is 5.73 Å². The fraction of sp³-hybridized carbons (Fsp3) is 0.167. The van der Waals surface area contributed by atoms with Gasteiger partial charge in [0.2, 0.25) is 5.95 Å². The fourth-order valence-corrected chi connectivity index (χ4v) is 1.88. The van der Waals surface area contributed by atoms with Crippen molar-refractivity contribution < 1.29 is 4.42 Å². The molecule has 0 saturated carbocycles. The molecule has 2 aromatic heterocycles. The van der Waals surface area contributed by atoms with Gasteiger partial charge in [0.05, 0.1) is 5.69 Å². The predicted octanol–water partition coefficient (Wildman–Crippen LogP) is 2.12. The summed E-state index contributed by atoms with van der Waals surface area (Å²) < 4.78 is 7.14. The van der Waals surface area contributed by atoms with E-state index in [1.165, 1.54) is 6.39 Å². The molecule has 5 heteroatoms. The topological polar surface area (TPSA) is 69.9 Å². The number of hydrogen-bond acceptors (Lipinski definition) is 4. The van der Waals surface area contributed by atoms with Crippen molar-refractivity contribution in [2.45, 2.75) is 6.92 Å². The number of nitrogens with zero attached hydrogens (tertiary/aromatic N) is 3. The van der Waals surface area contributed by atoms with Gasteiger partial charge in [-0.1, -0.05) is 6.07 Å². The molecule has 0 spiro atoms. The lowest BCUT2D eigenvalue weighted by molar-refractivity contribution is 0.602. The van der Waals surface area contributed by atoms with Gasteiger partial charge in [0.1, 0.15) is 5.52 Å². The molecule has 86 valence electrons. The van der Waals surface area contributed by atoms with E-state index >= 15 is 0 Å². The molecule has 0 atom stereocenters. The fourth-order valence-electron chi connectivity index (χ4n) is 1.88. The van der Waals surface area contributed by atoms with Gasteiger partial charge in [-0.15, -0.1) is 0 Å². The number of aromatic nitrogens is 3. The van der Waals surface area contributed by atoms with E-state index in [0.29, 0.717) is 5.95 Å². The first-order valence-electron chi connectivity index (χ1n) is 5.29. The zero-order valence-electron chi connectivity index (χ0n) is 9.64. The number of rotatable bonds is 1. The van der Waals surface area contributed by atoms with Gasteiger partial charge in [0, 0.05) is 18.3 Å². The van der Waals surface area contributed by atoms with Crippen molar-refractivity contribution in [2.24, 2.45) is 7.05 Å². The Morgan fingerprint density at radius 3 is 2.88 bits per heavy atom. The van der Waals surface area contributed by atoms with E-state index in [1.807, 2.05) is 36.7 Å². The Bertz CT molecular complexity index is 696. The number of imidazole rings is 1. The SMILES string of the molecule is Cc1c(-c2ccc3ncoc3c2)nc(N)n1C. The van der Waals surface area contributed by atoms with E-state index in [4.69, 9.17) is 10.2 Å². The first-order chi connectivity index (χ1) is 8.16. The second-order valence-electron chi connectivity index (χ2n) is 4.00. The van der Waals surface area contributed by atoms with Crippen molar-refractivity contribution >= 4 is 17.0 Å². The van der Waals surface area contributed by atoms with Crippen LogP contribution in [0.4, 0.5) is 5.95 Å². The molecule has 2 heterocycles. The lowest BCUT2D eigenvalue weighted by atomic mass is 10.1. The largest absolute Gasteiger partial charge is 0.443 e. The summed E-state index contributed by atoms with van der Waals surface area (Å²) in [5.74, 6) is 0.509. The molecular formula is C12H12N4O. The highest BCUT2D eigenvalue weighted by Crippen LogP contribution is 2.26. The molecule has 0 aliphatic rings. The van der Waals surface area contributed by atoms with Crippen LogP contribution in [0.3, 0.4) is 0 Å². The van der Waals surface area contributed by atoms with E-state index < -0.39 is 0 Å². The normalized spacial score (nSPS) is 11.2. The van der Waals surface area contributed by atoms with Crippen molar-refractivity contribution in [2.75, 3.05) is 5.73 Å². The number of nitrogen functional groups attached to an aromatic ring is 1. The molecule has 2 N–H and O–H groups in total. The molecule has 0 radical (unpaired) electrons. The molecule has 0 fully saturated rings. The maximum absolute atomic E-state index is 5.79. The summed E-state index contributed by atoms with van der Waals surface area (Å²) >= 11 is 0. The minimum atomic E-state index is 0.509. The van der Waals surface area contributed by atoms with E-state index in [0.717, 1.165) is 28.1 Å². The van der Waals surface area contributed by atoms with Crippen LogP contribution in [0.5, 0.6) is 0 Å². The van der Waals surface area contributed by atoms with Crippen molar-refractivity contribution in [1.29, 1.82) is 0 Å². The smallest absolute Gasteiger partial charge is 0.200 e. The molecule has 1 aromatic carbocycles. The van der Waals surface area contributed by atoms with Crippen LogP contribution in [0.1, 0.15) is 5.69 Å². The van der Waals surface area contributed by atoms with Crippen molar-refractivity contribution in [3.63, 3.8) is 0 Å². The van der Waals surface area contributed by atoms with E-state index in [-0.39, 0.29) is 0 Å². The first-order valence-corrected chi connectivity index (χ1v) is 5.29. The van der Waals surface area contributed by atoms with Gasteiger partial charge in [-0.2, -0.15) is 0 Å². The van der Waals surface area contributed by atoms with Gasteiger partial charge >= 0.3 is 0 Å². The summed E-state index contributed by atoms with van der Waals surface area (Å²) in [4.78, 5) is 8.43. The molecule has 3 rings (SSSR count). The Balaban J connectivity index is 2.22. The van der Waals surface area contributed by atoms with Gasteiger partial charge in [0.25, 0.3) is 0 Å². The maximum Gasteiger partial charge on any atom is 0.200 e. The molecule has 0 bridgehead atoms. The average Bonchev–Trinajstić information content (AvgIpc) is 2.89. The van der Waals surface area contributed by atoms with Crippen LogP contribution in [0.25, 0.3) is 22.4 Å². The molecular weight excluding hydrogens is 216 g/mol. The summed E-state index contributed by atoms with van der Waals surface area (Å²) in [7, 11) is 1.90. The Hall–Kier alpha value is -2.30. The van der Waals surface area contributed by atoms with Crippen molar-refractivity contribution in [1.82, 2.24) is 14.5 Å². The Kier molecular flexibility index (Phi) is 1.95. The standard InChI is InChI=1S/C12H12N4O/c1-7-11(15-12(13)16(7)2)8-3-4-9-10(5-8)17-6-14-9/h3-6H,1-2H3,(H2,13,15). The lowest BCUT2D eigenvalue weighted by Crippen LogP contribution is -1.97. The molecule has 17 heavy (non-hydrogen) atoms. The molecule has 3 aromatic rings. The summed E-state index contributed by atoms with van der Waals surface area (Å²) in [5, 5.41) is 0. The van der Waals surface area contributed by atoms with Gasteiger partial charge in [0.15, 0.2) is 12.0 Å². The third-order valence-electron chi connectivity index (χ3n) is 3.02. The minimum absolute atomic E-state index is 0.509. The predicted molar refractivity (Wildman–Crippen MR) is 65.4 cm³/mol. The van der Waals surface area contributed by atoms with Crippen molar-refractivity contribution in [3.05, 3.63) is 30.3 Å². The van der Waals surface area contributed by atoms with Crippen LogP contribution in [0.2, 0.25) is 0 Å². The van der Waals surface area contributed by atoms with E-state index in [9.17, 15) is 0 Å². The molecule has 0 unspecified atom stereocenters. The van der Waals surface area contributed by atoms with Crippen molar-refractivity contribution in [3.8, 4) is 11.3 Å². The Morgan fingerprint density at radius 2 is 2.18 bits per heavy atom. The van der Waals surface area contributed by atoms with E-state index in [2.05, 4.69) is 9.97 Å². The second-order valence-corrected chi connectivity index (χ2v) is 4.00. The number of benzene rings is 1. The molecule has 5 nitrogen and oxygen atoms in total. The van der Waals surface area contributed by atoms with E-state index in [1.54, 1.807) is 0 Å². The average molecular weight is 228 g/mol. The van der Waals surface area contributed by atoms with Crippen LogP contribution in [-0.4, -0.2) is 14.5 Å². The molecule has 0 saturated heterocycles. The summed E-state index contributed by atoms with van der Waals surface area (Å²) in [5.41, 5.74) is 10.3. The lowest BCUT2D eigenvalue weighted by Gasteiger charge is -1.99. The highest BCUT2D eigenvalue weighted by atomic mass is 16.3.